The van der Waals surface area contributed by atoms with Gasteiger partial charge >= 0.3 is 0 Å². The van der Waals surface area contributed by atoms with E-state index >= 15 is 0 Å². The average molecular weight is 200 g/mol. The van der Waals surface area contributed by atoms with Gasteiger partial charge in [-0.3, -0.25) is 0 Å². The summed E-state index contributed by atoms with van der Waals surface area (Å²) >= 11 is 5.70. The van der Waals surface area contributed by atoms with Gasteiger partial charge in [0.1, 0.15) is 5.60 Å². The van der Waals surface area contributed by atoms with Crippen molar-refractivity contribution in [1.29, 1.82) is 0 Å². The van der Waals surface area contributed by atoms with Crippen molar-refractivity contribution < 1.29 is 4.74 Å². The number of halogens is 1. The number of aromatic nitrogens is 1. The van der Waals surface area contributed by atoms with Crippen LogP contribution in [0.5, 0.6) is 5.88 Å². The van der Waals surface area contributed by atoms with Gasteiger partial charge in [-0.25, -0.2) is 4.98 Å². The zero-order valence-corrected chi connectivity index (χ0v) is 8.93. The highest BCUT2D eigenvalue weighted by atomic mass is 35.5. The predicted octanol–water partition coefficient (Wildman–Crippen LogP) is 3.30. The summed E-state index contributed by atoms with van der Waals surface area (Å²) in [4.78, 5) is 4.06. The van der Waals surface area contributed by atoms with E-state index in [0.717, 1.165) is 6.42 Å². The van der Waals surface area contributed by atoms with Gasteiger partial charge in [-0.2, -0.15) is 0 Å². The number of nitrogens with zero attached hydrogens (tertiary/aromatic N) is 1. The lowest BCUT2D eigenvalue weighted by molar-refractivity contribution is 0.0990. The Morgan fingerprint density at radius 2 is 2.15 bits per heavy atom. The Bertz CT molecular complexity index is 269. The second-order valence-corrected chi connectivity index (χ2v) is 3.97. The lowest BCUT2D eigenvalue weighted by atomic mass is 10.1. The molecule has 1 heterocycles. The van der Waals surface area contributed by atoms with Crippen molar-refractivity contribution in [3.63, 3.8) is 0 Å². The van der Waals surface area contributed by atoms with Gasteiger partial charge < -0.3 is 4.74 Å². The molecule has 0 N–H and O–H groups in total. The molecule has 1 aromatic rings. The van der Waals surface area contributed by atoms with Gasteiger partial charge in [0.15, 0.2) is 0 Å². The monoisotopic (exact) mass is 199 g/mol. The van der Waals surface area contributed by atoms with Crippen molar-refractivity contribution in [2.24, 2.45) is 0 Å². The second-order valence-electron chi connectivity index (χ2n) is 3.53. The number of rotatable bonds is 3. The van der Waals surface area contributed by atoms with Gasteiger partial charge in [-0.05, 0) is 26.3 Å². The summed E-state index contributed by atoms with van der Waals surface area (Å²) in [6, 6.07) is 3.55. The fraction of sp³-hybridized carbons (Fsp3) is 0.500. The second kappa shape index (κ2) is 3.97. The molecule has 3 heteroatoms. The first kappa shape index (κ1) is 10.3. The van der Waals surface area contributed by atoms with Gasteiger partial charge in [-0.1, -0.05) is 18.5 Å². The van der Waals surface area contributed by atoms with E-state index in [0.29, 0.717) is 10.9 Å². The van der Waals surface area contributed by atoms with E-state index in [1.807, 2.05) is 13.8 Å². The smallest absolute Gasteiger partial charge is 0.213 e. The van der Waals surface area contributed by atoms with Crippen molar-refractivity contribution >= 4 is 11.6 Å². The molecule has 0 saturated carbocycles. The molecule has 0 aromatic carbocycles. The molecule has 13 heavy (non-hydrogen) atoms. The Labute approximate surface area is 83.9 Å². The Hall–Kier alpha value is -0.760. The predicted molar refractivity (Wildman–Crippen MR) is 54.2 cm³/mol. The van der Waals surface area contributed by atoms with Gasteiger partial charge in [0.2, 0.25) is 5.88 Å². The average Bonchev–Trinajstić information content (AvgIpc) is 2.09. The molecule has 1 aromatic heterocycles. The van der Waals surface area contributed by atoms with E-state index in [2.05, 4.69) is 11.9 Å². The van der Waals surface area contributed by atoms with Crippen LogP contribution in [-0.4, -0.2) is 10.6 Å². The SMILES string of the molecule is CCC(C)(C)Oc1ccc(Cl)cn1. The minimum absolute atomic E-state index is 0.166. The zero-order valence-electron chi connectivity index (χ0n) is 8.17. The topological polar surface area (TPSA) is 22.1 Å². The fourth-order valence-corrected chi connectivity index (χ4v) is 0.890. The van der Waals surface area contributed by atoms with E-state index in [-0.39, 0.29) is 5.60 Å². The van der Waals surface area contributed by atoms with Crippen molar-refractivity contribution in [3.05, 3.63) is 23.4 Å². The summed E-state index contributed by atoms with van der Waals surface area (Å²) < 4.78 is 5.64. The summed E-state index contributed by atoms with van der Waals surface area (Å²) in [5, 5.41) is 0.627. The number of hydrogen-bond donors (Lipinski definition) is 0. The summed E-state index contributed by atoms with van der Waals surface area (Å²) in [5.74, 6) is 0.622. The van der Waals surface area contributed by atoms with Crippen molar-refractivity contribution in [2.45, 2.75) is 32.8 Å². The van der Waals surface area contributed by atoms with Crippen molar-refractivity contribution in [3.8, 4) is 5.88 Å². The molecule has 0 aliphatic rings. The largest absolute Gasteiger partial charge is 0.472 e. The van der Waals surface area contributed by atoms with Gasteiger partial charge in [0.05, 0.1) is 5.02 Å². The van der Waals surface area contributed by atoms with E-state index in [1.54, 1.807) is 18.3 Å². The molecular formula is C10H14ClNO. The Morgan fingerprint density at radius 3 is 2.62 bits per heavy atom. The number of ether oxygens (including phenoxy) is 1. The summed E-state index contributed by atoms with van der Waals surface area (Å²) in [6.45, 7) is 6.14. The maximum Gasteiger partial charge on any atom is 0.213 e. The number of pyridine rings is 1. The zero-order chi connectivity index (χ0) is 9.90. The first-order valence-electron chi connectivity index (χ1n) is 4.34. The summed E-state index contributed by atoms with van der Waals surface area (Å²) in [6.07, 6.45) is 2.53. The van der Waals surface area contributed by atoms with Gasteiger partial charge in [0.25, 0.3) is 0 Å². The van der Waals surface area contributed by atoms with Gasteiger partial charge in [-0.15, -0.1) is 0 Å². The fourth-order valence-electron chi connectivity index (χ4n) is 0.778. The molecule has 0 aliphatic heterocycles. The molecule has 72 valence electrons. The Balaban J connectivity index is 2.69. The Morgan fingerprint density at radius 1 is 1.46 bits per heavy atom. The normalized spacial score (nSPS) is 11.4. The maximum atomic E-state index is 5.70. The van der Waals surface area contributed by atoms with Crippen LogP contribution in [0.3, 0.4) is 0 Å². The van der Waals surface area contributed by atoms with E-state index in [1.165, 1.54) is 0 Å². The molecule has 0 unspecified atom stereocenters. The standard InChI is InChI=1S/C10H14ClNO/c1-4-10(2,3)13-9-6-5-8(11)7-12-9/h5-7H,4H2,1-3H3. The Kier molecular flexibility index (Phi) is 3.15. The summed E-state index contributed by atoms with van der Waals surface area (Å²) in [5.41, 5.74) is -0.166. The minimum atomic E-state index is -0.166. The van der Waals surface area contributed by atoms with Crippen LogP contribution in [0.1, 0.15) is 27.2 Å². The molecular weight excluding hydrogens is 186 g/mol. The first-order chi connectivity index (χ1) is 6.03. The lowest BCUT2D eigenvalue weighted by Gasteiger charge is -2.23. The molecule has 2 nitrogen and oxygen atoms in total. The van der Waals surface area contributed by atoms with E-state index in [4.69, 9.17) is 16.3 Å². The van der Waals surface area contributed by atoms with Crippen molar-refractivity contribution in [2.75, 3.05) is 0 Å². The third kappa shape index (κ3) is 3.23. The van der Waals surface area contributed by atoms with Crippen LogP contribution in [0, 0.1) is 0 Å². The molecule has 0 fully saturated rings. The van der Waals surface area contributed by atoms with Crippen LogP contribution in [-0.2, 0) is 0 Å². The molecule has 0 amide bonds. The van der Waals surface area contributed by atoms with E-state index in [9.17, 15) is 0 Å². The molecule has 0 saturated heterocycles. The first-order valence-corrected chi connectivity index (χ1v) is 4.72. The third-order valence-corrected chi connectivity index (χ3v) is 2.16. The maximum absolute atomic E-state index is 5.70. The highest BCUT2D eigenvalue weighted by molar-refractivity contribution is 6.30. The van der Waals surface area contributed by atoms with Crippen LogP contribution in [0.2, 0.25) is 5.02 Å². The van der Waals surface area contributed by atoms with Crippen molar-refractivity contribution in [1.82, 2.24) is 4.98 Å². The molecule has 0 radical (unpaired) electrons. The lowest BCUT2D eigenvalue weighted by Crippen LogP contribution is -2.27. The molecule has 1 rings (SSSR count). The van der Waals surface area contributed by atoms with Crippen LogP contribution in [0.25, 0.3) is 0 Å². The molecule has 0 spiro atoms. The quantitative estimate of drug-likeness (QED) is 0.745. The highest BCUT2D eigenvalue weighted by Gasteiger charge is 2.16. The molecule has 0 bridgehead atoms. The summed E-state index contributed by atoms with van der Waals surface area (Å²) in [7, 11) is 0. The third-order valence-electron chi connectivity index (χ3n) is 1.93. The van der Waals surface area contributed by atoms with Crippen LogP contribution < -0.4 is 4.74 Å². The highest BCUT2D eigenvalue weighted by Crippen LogP contribution is 2.19. The van der Waals surface area contributed by atoms with Crippen LogP contribution in [0.15, 0.2) is 18.3 Å². The molecule has 0 aliphatic carbocycles. The van der Waals surface area contributed by atoms with Gasteiger partial charge in [0, 0.05) is 12.3 Å². The van der Waals surface area contributed by atoms with Crippen LogP contribution >= 0.6 is 11.6 Å². The minimum Gasteiger partial charge on any atom is -0.472 e. The number of hydrogen-bond acceptors (Lipinski definition) is 2. The van der Waals surface area contributed by atoms with Crippen LogP contribution in [0.4, 0.5) is 0 Å². The molecule has 0 atom stereocenters. The van der Waals surface area contributed by atoms with E-state index < -0.39 is 0 Å².